The number of rotatable bonds is 3. The first-order chi connectivity index (χ1) is 9.26. The van der Waals surface area contributed by atoms with Crippen molar-refractivity contribution in [2.75, 3.05) is 32.7 Å². The van der Waals surface area contributed by atoms with Crippen molar-refractivity contribution in [3.8, 4) is 0 Å². The summed E-state index contributed by atoms with van der Waals surface area (Å²) < 4.78 is 0. The minimum absolute atomic E-state index is 0.273. The first kappa shape index (κ1) is 13.1. The number of nitrogens with zero attached hydrogens (tertiary/aromatic N) is 2. The molecule has 3 rings (SSSR count). The molecule has 19 heavy (non-hydrogen) atoms. The SMILES string of the molecule is NCC1CCN(CC(=O)N2CCc3sccc3C2)C1. The second-order valence-corrected chi connectivity index (χ2v) is 6.56. The fraction of sp³-hybridized carbons (Fsp3) is 0.643. The minimum atomic E-state index is 0.273. The van der Waals surface area contributed by atoms with E-state index in [1.165, 1.54) is 10.4 Å². The van der Waals surface area contributed by atoms with Crippen LogP contribution in [-0.4, -0.2) is 48.4 Å². The molecule has 104 valence electrons. The minimum Gasteiger partial charge on any atom is -0.337 e. The van der Waals surface area contributed by atoms with E-state index in [1.54, 1.807) is 0 Å². The van der Waals surface area contributed by atoms with Gasteiger partial charge in [-0.25, -0.2) is 0 Å². The Morgan fingerprint density at radius 1 is 1.47 bits per heavy atom. The highest BCUT2D eigenvalue weighted by atomic mass is 32.1. The lowest BCUT2D eigenvalue weighted by atomic mass is 10.1. The Bertz CT molecular complexity index is 459. The van der Waals surface area contributed by atoms with Gasteiger partial charge in [0.1, 0.15) is 0 Å². The molecule has 1 aromatic heterocycles. The number of amides is 1. The summed E-state index contributed by atoms with van der Waals surface area (Å²) in [5, 5.41) is 2.13. The van der Waals surface area contributed by atoms with Crippen molar-refractivity contribution >= 4 is 17.2 Å². The molecule has 5 heteroatoms. The van der Waals surface area contributed by atoms with Crippen LogP contribution in [0.2, 0.25) is 0 Å². The molecule has 2 N–H and O–H groups in total. The van der Waals surface area contributed by atoms with Crippen LogP contribution < -0.4 is 5.73 Å². The van der Waals surface area contributed by atoms with Crippen LogP contribution in [0.5, 0.6) is 0 Å². The van der Waals surface area contributed by atoms with E-state index in [4.69, 9.17) is 5.73 Å². The van der Waals surface area contributed by atoms with Crippen molar-refractivity contribution in [3.05, 3.63) is 21.9 Å². The molecule has 1 saturated heterocycles. The van der Waals surface area contributed by atoms with Crippen LogP contribution in [-0.2, 0) is 17.8 Å². The normalized spacial score (nSPS) is 23.6. The van der Waals surface area contributed by atoms with Crippen molar-refractivity contribution < 1.29 is 4.79 Å². The molecular weight excluding hydrogens is 258 g/mol. The molecule has 0 spiro atoms. The van der Waals surface area contributed by atoms with E-state index < -0.39 is 0 Å². The molecule has 1 fully saturated rings. The second kappa shape index (κ2) is 5.61. The van der Waals surface area contributed by atoms with Gasteiger partial charge in [-0.1, -0.05) is 0 Å². The molecule has 1 unspecified atom stereocenters. The number of fused-ring (bicyclic) bond motifs is 1. The van der Waals surface area contributed by atoms with Gasteiger partial charge in [0.2, 0.25) is 5.91 Å². The standard InChI is InChI=1S/C14H21N3OS/c15-7-11-1-4-16(8-11)10-14(18)17-5-2-13-12(9-17)3-6-19-13/h3,6,11H,1-2,4-5,7-10,15H2. The highest BCUT2D eigenvalue weighted by molar-refractivity contribution is 7.10. The largest absolute Gasteiger partial charge is 0.337 e. The summed E-state index contributed by atoms with van der Waals surface area (Å²) >= 11 is 1.81. The van der Waals surface area contributed by atoms with Crippen molar-refractivity contribution in [1.82, 2.24) is 9.80 Å². The lowest BCUT2D eigenvalue weighted by Gasteiger charge is -2.28. The Morgan fingerprint density at radius 3 is 3.16 bits per heavy atom. The summed E-state index contributed by atoms with van der Waals surface area (Å²) in [6.07, 6.45) is 2.16. The van der Waals surface area contributed by atoms with E-state index >= 15 is 0 Å². The van der Waals surface area contributed by atoms with Gasteiger partial charge in [-0.2, -0.15) is 0 Å². The average Bonchev–Trinajstić information content (AvgIpc) is 3.05. The fourth-order valence-electron chi connectivity index (χ4n) is 3.00. The molecule has 0 radical (unpaired) electrons. The van der Waals surface area contributed by atoms with Crippen molar-refractivity contribution in [2.45, 2.75) is 19.4 Å². The number of carbonyl (C=O) groups excluding carboxylic acids is 1. The van der Waals surface area contributed by atoms with Crippen LogP contribution >= 0.6 is 11.3 Å². The maximum atomic E-state index is 12.3. The van der Waals surface area contributed by atoms with Gasteiger partial charge in [0.25, 0.3) is 0 Å². The number of hydrogen-bond donors (Lipinski definition) is 1. The molecule has 0 aliphatic carbocycles. The Hall–Kier alpha value is -0.910. The third kappa shape index (κ3) is 2.83. The Kier molecular flexibility index (Phi) is 3.86. The Labute approximate surface area is 118 Å². The van der Waals surface area contributed by atoms with Crippen LogP contribution in [0.3, 0.4) is 0 Å². The highest BCUT2D eigenvalue weighted by Gasteiger charge is 2.26. The van der Waals surface area contributed by atoms with Gasteiger partial charge in [0.05, 0.1) is 6.54 Å². The number of likely N-dealkylation sites (tertiary alicyclic amines) is 1. The summed E-state index contributed by atoms with van der Waals surface area (Å²) in [6, 6.07) is 2.15. The molecule has 1 aromatic rings. The zero-order valence-electron chi connectivity index (χ0n) is 11.2. The third-order valence-electron chi connectivity index (χ3n) is 4.22. The van der Waals surface area contributed by atoms with Gasteiger partial charge >= 0.3 is 0 Å². The van der Waals surface area contributed by atoms with Gasteiger partial charge < -0.3 is 10.6 Å². The monoisotopic (exact) mass is 279 g/mol. The number of carbonyl (C=O) groups is 1. The smallest absolute Gasteiger partial charge is 0.237 e. The lowest BCUT2D eigenvalue weighted by molar-refractivity contribution is -0.133. The summed E-state index contributed by atoms with van der Waals surface area (Å²) in [4.78, 5) is 18.0. The molecule has 1 atom stereocenters. The summed E-state index contributed by atoms with van der Waals surface area (Å²) in [5.74, 6) is 0.854. The maximum absolute atomic E-state index is 12.3. The zero-order valence-corrected chi connectivity index (χ0v) is 12.0. The molecule has 2 aliphatic heterocycles. The third-order valence-corrected chi connectivity index (χ3v) is 5.25. The Morgan fingerprint density at radius 2 is 2.37 bits per heavy atom. The molecule has 0 aromatic carbocycles. The molecule has 0 saturated carbocycles. The van der Waals surface area contributed by atoms with Crippen LogP contribution in [0.15, 0.2) is 11.4 Å². The summed E-state index contributed by atoms with van der Waals surface area (Å²) in [5.41, 5.74) is 7.03. The zero-order chi connectivity index (χ0) is 13.2. The Balaban J connectivity index is 1.54. The van der Waals surface area contributed by atoms with Gasteiger partial charge in [-0.15, -0.1) is 11.3 Å². The van der Waals surface area contributed by atoms with E-state index in [0.717, 1.165) is 45.6 Å². The molecule has 3 heterocycles. The first-order valence-corrected chi connectivity index (χ1v) is 7.89. The number of hydrogen-bond acceptors (Lipinski definition) is 4. The predicted octanol–water partition coefficient (Wildman–Crippen LogP) is 0.913. The number of thiophene rings is 1. The molecular formula is C14H21N3OS. The molecule has 1 amide bonds. The fourth-order valence-corrected chi connectivity index (χ4v) is 3.89. The van der Waals surface area contributed by atoms with Crippen LogP contribution in [0, 0.1) is 5.92 Å². The molecule has 2 aliphatic rings. The summed E-state index contributed by atoms with van der Waals surface area (Å²) in [7, 11) is 0. The number of nitrogens with two attached hydrogens (primary N) is 1. The summed E-state index contributed by atoms with van der Waals surface area (Å²) in [6.45, 7) is 4.99. The quantitative estimate of drug-likeness (QED) is 0.895. The van der Waals surface area contributed by atoms with Crippen LogP contribution in [0.25, 0.3) is 0 Å². The van der Waals surface area contributed by atoms with Crippen LogP contribution in [0.1, 0.15) is 16.9 Å². The van der Waals surface area contributed by atoms with Crippen LogP contribution in [0.4, 0.5) is 0 Å². The van der Waals surface area contributed by atoms with Crippen molar-refractivity contribution in [3.63, 3.8) is 0 Å². The first-order valence-electron chi connectivity index (χ1n) is 7.01. The van der Waals surface area contributed by atoms with E-state index in [1.807, 2.05) is 16.2 Å². The van der Waals surface area contributed by atoms with Gasteiger partial charge in [-0.05, 0) is 48.9 Å². The average molecular weight is 279 g/mol. The topological polar surface area (TPSA) is 49.6 Å². The van der Waals surface area contributed by atoms with Gasteiger partial charge in [0, 0.05) is 24.5 Å². The van der Waals surface area contributed by atoms with E-state index in [2.05, 4.69) is 16.3 Å². The van der Waals surface area contributed by atoms with E-state index in [9.17, 15) is 4.79 Å². The van der Waals surface area contributed by atoms with E-state index in [0.29, 0.717) is 12.5 Å². The van der Waals surface area contributed by atoms with Crippen molar-refractivity contribution in [2.24, 2.45) is 11.7 Å². The van der Waals surface area contributed by atoms with Gasteiger partial charge in [0.15, 0.2) is 0 Å². The predicted molar refractivity (Wildman–Crippen MR) is 77.0 cm³/mol. The molecule has 0 bridgehead atoms. The second-order valence-electron chi connectivity index (χ2n) is 5.56. The maximum Gasteiger partial charge on any atom is 0.237 e. The van der Waals surface area contributed by atoms with E-state index in [-0.39, 0.29) is 5.91 Å². The molecule has 4 nitrogen and oxygen atoms in total. The van der Waals surface area contributed by atoms with Crippen molar-refractivity contribution in [1.29, 1.82) is 0 Å². The lowest BCUT2D eigenvalue weighted by Crippen LogP contribution is -2.42. The van der Waals surface area contributed by atoms with Gasteiger partial charge in [-0.3, -0.25) is 9.69 Å². The highest BCUT2D eigenvalue weighted by Crippen LogP contribution is 2.24.